The van der Waals surface area contributed by atoms with E-state index in [2.05, 4.69) is 19.2 Å². The van der Waals surface area contributed by atoms with Crippen LogP contribution in [0, 0.1) is 5.92 Å². The Morgan fingerprint density at radius 3 is 2.64 bits per heavy atom. The maximum Gasteiger partial charge on any atom is 0.0587 e. The standard InChI is InChI=1S/C12H27NO/c1-4-5-6-7-8-12(2)11-13-9-10-14-3/h12-13H,4-11H2,1-3H3. The van der Waals surface area contributed by atoms with Crippen molar-refractivity contribution < 1.29 is 4.74 Å². The molecule has 0 saturated carbocycles. The molecule has 0 aromatic rings. The van der Waals surface area contributed by atoms with Gasteiger partial charge in [0.1, 0.15) is 0 Å². The van der Waals surface area contributed by atoms with E-state index in [0.29, 0.717) is 0 Å². The van der Waals surface area contributed by atoms with Crippen molar-refractivity contribution in [3.8, 4) is 0 Å². The van der Waals surface area contributed by atoms with Gasteiger partial charge in [0.2, 0.25) is 0 Å². The van der Waals surface area contributed by atoms with Gasteiger partial charge in [0.15, 0.2) is 0 Å². The van der Waals surface area contributed by atoms with Crippen LogP contribution in [0.4, 0.5) is 0 Å². The highest BCUT2D eigenvalue weighted by molar-refractivity contribution is 4.57. The minimum atomic E-state index is 0.809. The Bertz CT molecular complexity index is 94.5. The van der Waals surface area contributed by atoms with E-state index in [9.17, 15) is 0 Å². The summed E-state index contributed by atoms with van der Waals surface area (Å²) >= 11 is 0. The summed E-state index contributed by atoms with van der Waals surface area (Å²) in [5.74, 6) is 0.809. The van der Waals surface area contributed by atoms with Gasteiger partial charge in [-0.15, -0.1) is 0 Å². The first kappa shape index (κ1) is 13.9. The molecule has 0 spiro atoms. The number of methoxy groups -OCH3 is 1. The third-order valence-corrected chi connectivity index (χ3v) is 2.53. The summed E-state index contributed by atoms with van der Waals surface area (Å²) < 4.78 is 4.97. The molecular weight excluding hydrogens is 174 g/mol. The molecule has 0 saturated heterocycles. The van der Waals surface area contributed by atoms with Gasteiger partial charge in [0.05, 0.1) is 6.61 Å². The molecule has 0 aliphatic heterocycles. The Balaban J connectivity index is 3.07. The zero-order valence-electron chi connectivity index (χ0n) is 10.1. The van der Waals surface area contributed by atoms with Gasteiger partial charge in [0, 0.05) is 13.7 Å². The predicted octanol–water partition coefficient (Wildman–Crippen LogP) is 2.83. The summed E-state index contributed by atoms with van der Waals surface area (Å²) in [6.45, 7) is 7.52. The van der Waals surface area contributed by atoms with E-state index >= 15 is 0 Å². The lowest BCUT2D eigenvalue weighted by atomic mass is 10.0. The number of hydrogen-bond acceptors (Lipinski definition) is 2. The second-order valence-corrected chi connectivity index (χ2v) is 4.15. The fourth-order valence-corrected chi connectivity index (χ4v) is 1.54. The second-order valence-electron chi connectivity index (χ2n) is 4.15. The summed E-state index contributed by atoms with van der Waals surface area (Å²) in [7, 11) is 1.75. The van der Waals surface area contributed by atoms with Crippen LogP contribution < -0.4 is 5.32 Å². The average molecular weight is 201 g/mol. The van der Waals surface area contributed by atoms with Gasteiger partial charge in [-0.2, -0.15) is 0 Å². The molecule has 2 nitrogen and oxygen atoms in total. The van der Waals surface area contributed by atoms with E-state index < -0.39 is 0 Å². The van der Waals surface area contributed by atoms with Gasteiger partial charge in [-0.1, -0.05) is 39.5 Å². The smallest absolute Gasteiger partial charge is 0.0587 e. The van der Waals surface area contributed by atoms with Gasteiger partial charge in [-0.05, 0) is 18.9 Å². The highest BCUT2D eigenvalue weighted by Gasteiger charge is 2.00. The Kier molecular flexibility index (Phi) is 10.9. The van der Waals surface area contributed by atoms with E-state index in [1.807, 2.05) is 0 Å². The SMILES string of the molecule is CCCCCCC(C)CNCCOC. The molecule has 0 bridgehead atoms. The zero-order valence-corrected chi connectivity index (χ0v) is 10.1. The number of hydrogen-bond donors (Lipinski definition) is 1. The predicted molar refractivity (Wildman–Crippen MR) is 62.7 cm³/mol. The van der Waals surface area contributed by atoms with E-state index in [1.54, 1.807) is 7.11 Å². The Morgan fingerprint density at radius 1 is 1.21 bits per heavy atom. The van der Waals surface area contributed by atoms with Crippen LogP contribution in [0.15, 0.2) is 0 Å². The Morgan fingerprint density at radius 2 is 2.00 bits per heavy atom. The van der Waals surface area contributed by atoms with Gasteiger partial charge >= 0.3 is 0 Å². The summed E-state index contributed by atoms with van der Waals surface area (Å²) in [6.07, 6.45) is 6.88. The molecule has 1 atom stereocenters. The normalized spacial score (nSPS) is 13.1. The number of nitrogens with one attached hydrogen (secondary N) is 1. The van der Waals surface area contributed by atoms with Crippen molar-refractivity contribution in [1.82, 2.24) is 5.32 Å². The fourth-order valence-electron chi connectivity index (χ4n) is 1.54. The lowest BCUT2D eigenvalue weighted by Gasteiger charge is -2.11. The lowest BCUT2D eigenvalue weighted by Crippen LogP contribution is -2.24. The second kappa shape index (κ2) is 11.0. The third-order valence-electron chi connectivity index (χ3n) is 2.53. The van der Waals surface area contributed by atoms with Gasteiger partial charge in [-0.25, -0.2) is 0 Å². The molecule has 0 rings (SSSR count). The first-order chi connectivity index (χ1) is 6.81. The van der Waals surface area contributed by atoms with E-state index in [-0.39, 0.29) is 0 Å². The third kappa shape index (κ3) is 10.0. The van der Waals surface area contributed by atoms with Crippen molar-refractivity contribution in [2.24, 2.45) is 5.92 Å². The summed E-state index contributed by atoms with van der Waals surface area (Å²) in [5.41, 5.74) is 0. The van der Waals surface area contributed by atoms with Crippen molar-refractivity contribution in [3.05, 3.63) is 0 Å². The van der Waals surface area contributed by atoms with Crippen LogP contribution in [-0.2, 0) is 4.74 Å². The van der Waals surface area contributed by atoms with Crippen molar-refractivity contribution in [2.45, 2.75) is 46.0 Å². The topological polar surface area (TPSA) is 21.3 Å². The van der Waals surface area contributed by atoms with Crippen LogP contribution >= 0.6 is 0 Å². The molecule has 0 heterocycles. The molecule has 86 valence electrons. The van der Waals surface area contributed by atoms with Crippen molar-refractivity contribution in [2.75, 3.05) is 26.8 Å². The Labute approximate surface area is 89.4 Å². The number of rotatable bonds is 10. The van der Waals surface area contributed by atoms with Crippen LogP contribution in [0.2, 0.25) is 0 Å². The first-order valence-electron chi connectivity index (χ1n) is 6.00. The lowest BCUT2D eigenvalue weighted by molar-refractivity contribution is 0.198. The van der Waals surface area contributed by atoms with Gasteiger partial charge in [-0.3, -0.25) is 0 Å². The summed E-state index contributed by atoms with van der Waals surface area (Å²) in [4.78, 5) is 0. The average Bonchev–Trinajstić information content (AvgIpc) is 2.19. The number of unbranched alkanes of at least 4 members (excludes halogenated alkanes) is 3. The van der Waals surface area contributed by atoms with Crippen molar-refractivity contribution >= 4 is 0 Å². The monoisotopic (exact) mass is 201 g/mol. The van der Waals surface area contributed by atoms with Crippen LogP contribution in [0.5, 0.6) is 0 Å². The minimum Gasteiger partial charge on any atom is -0.383 e. The minimum absolute atomic E-state index is 0.809. The summed E-state index contributed by atoms with van der Waals surface area (Å²) in [5, 5.41) is 3.40. The van der Waals surface area contributed by atoms with Gasteiger partial charge in [0.25, 0.3) is 0 Å². The van der Waals surface area contributed by atoms with Crippen LogP contribution in [0.3, 0.4) is 0 Å². The quantitative estimate of drug-likeness (QED) is 0.549. The highest BCUT2D eigenvalue weighted by Crippen LogP contribution is 2.09. The largest absolute Gasteiger partial charge is 0.383 e. The molecule has 0 aromatic carbocycles. The maximum absolute atomic E-state index is 4.97. The van der Waals surface area contributed by atoms with Crippen molar-refractivity contribution in [1.29, 1.82) is 0 Å². The van der Waals surface area contributed by atoms with E-state index in [1.165, 1.54) is 32.1 Å². The fraction of sp³-hybridized carbons (Fsp3) is 1.00. The molecule has 14 heavy (non-hydrogen) atoms. The van der Waals surface area contributed by atoms with Crippen LogP contribution in [0.1, 0.15) is 46.0 Å². The molecule has 0 aromatic heterocycles. The summed E-state index contributed by atoms with van der Waals surface area (Å²) in [6, 6.07) is 0. The highest BCUT2D eigenvalue weighted by atomic mass is 16.5. The van der Waals surface area contributed by atoms with Crippen LogP contribution in [0.25, 0.3) is 0 Å². The zero-order chi connectivity index (χ0) is 10.6. The molecule has 0 amide bonds. The van der Waals surface area contributed by atoms with Gasteiger partial charge < -0.3 is 10.1 Å². The van der Waals surface area contributed by atoms with Crippen LogP contribution in [-0.4, -0.2) is 26.8 Å². The molecular formula is C12H27NO. The molecule has 0 fully saturated rings. The maximum atomic E-state index is 4.97. The Hall–Kier alpha value is -0.0800. The molecule has 0 aliphatic carbocycles. The van der Waals surface area contributed by atoms with E-state index in [0.717, 1.165) is 25.6 Å². The first-order valence-corrected chi connectivity index (χ1v) is 6.00. The molecule has 1 unspecified atom stereocenters. The molecule has 0 aliphatic rings. The van der Waals surface area contributed by atoms with E-state index in [4.69, 9.17) is 4.74 Å². The molecule has 1 N–H and O–H groups in total. The van der Waals surface area contributed by atoms with Crippen molar-refractivity contribution in [3.63, 3.8) is 0 Å². The number of ether oxygens (including phenoxy) is 1. The molecule has 2 heteroatoms. The molecule has 0 radical (unpaired) electrons.